The van der Waals surface area contributed by atoms with Crippen LogP contribution in [0.15, 0.2) is 42.7 Å². The van der Waals surface area contributed by atoms with E-state index in [9.17, 15) is 9.18 Å². The van der Waals surface area contributed by atoms with Crippen LogP contribution in [0.4, 0.5) is 4.39 Å². The third-order valence-corrected chi connectivity index (χ3v) is 5.87. The first kappa shape index (κ1) is 16.2. The molecular weight excluding hydrogens is 345 g/mol. The van der Waals surface area contributed by atoms with Gasteiger partial charge in [0.1, 0.15) is 17.3 Å². The number of likely N-dealkylation sites (tertiary alicyclic amines) is 1. The van der Waals surface area contributed by atoms with Gasteiger partial charge in [0.15, 0.2) is 0 Å². The Labute approximate surface area is 156 Å². The third kappa shape index (κ3) is 2.57. The lowest BCUT2D eigenvalue weighted by atomic mass is 9.86. The Hall–Kier alpha value is -2.96. The van der Waals surface area contributed by atoms with Crippen molar-refractivity contribution >= 4 is 5.91 Å². The largest absolute Gasteiger partial charge is 0.337 e. The molecule has 5 rings (SSSR count). The molecule has 2 aromatic heterocycles. The van der Waals surface area contributed by atoms with Gasteiger partial charge in [-0.15, -0.1) is 0 Å². The summed E-state index contributed by atoms with van der Waals surface area (Å²) in [6.07, 6.45) is 5.34. The number of carbonyl (C=O) groups is 1. The minimum Gasteiger partial charge on any atom is -0.337 e. The third-order valence-electron chi connectivity index (χ3n) is 5.87. The molecule has 2 aliphatic heterocycles. The number of rotatable bonds is 2. The SMILES string of the molecule is Cn1nccc1C(=O)N1CC[C@]2(Cc3ncc(-c4ccc(F)cc4)n3C2)C1. The zero-order valence-corrected chi connectivity index (χ0v) is 15.1. The van der Waals surface area contributed by atoms with Crippen LogP contribution in [0.5, 0.6) is 0 Å². The molecule has 1 saturated heterocycles. The second kappa shape index (κ2) is 5.77. The monoisotopic (exact) mass is 365 g/mol. The van der Waals surface area contributed by atoms with Crippen LogP contribution in [0, 0.1) is 11.2 Å². The smallest absolute Gasteiger partial charge is 0.272 e. The van der Waals surface area contributed by atoms with Gasteiger partial charge in [-0.25, -0.2) is 9.37 Å². The number of amides is 1. The lowest BCUT2D eigenvalue weighted by Gasteiger charge is -2.23. The van der Waals surface area contributed by atoms with E-state index in [1.54, 1.807) is 36.1 Å². The van der Waals surface area contributed by atoms with Crippen molar-refractivity contribution in [2.24, 2.45) is 12.5 Å². The molecule has 1 amide bonds. The van der Waals surface area contributed by atoms with E-state index in [-0.39, 0.29) is 17.1 Å². The number of carbonyl (C=O) groups excluding carboxylic acids is 1. The maximum absolute atomic E-state index is 13.2. The maximum atomic E-state index is 13.2. The van der Waals surface area contributed by atoms with Gasteiger partial charge in [0, 0.05) is 44.7 Å². The van der Waals surface area contributed by atoms with Crippen LogP contribution in [0.2, 0.25) is 0 Å². The van der Waals surface area contributed by atoms with Gasteiger partial charge in [0.05, 0.1) is 11.9 Å². The van der Waals surface area contributed by atoms with Gasteiger partial charge >= 0.3 is 0 Å². The highest BCUT2D eigenvalue weighted by atomic mass is 19.1. The van der Waals surface area contributed by atoms with Crippen LogP contribution in [0.3, 0.4) is 0 Å². The normalized spacial score (nSPS) is 21.2. The molecule has 0 aliphatic carbocycles. The zero-order chi connectivity index (χ0) is 18.6. The number of fused-ring (bicyclic) bond motifs is 1. The lowest BCUT2D eigenvalue weighted by molar-refractivity contribution is 0.0761. The summed E-state index contributed by atoms with van der Waals surface area (Å²) in [5, 5.41) is 4.10. The minimum atomic E-state index is -0.239. The highest BCUT2D eigenvalue weighted by Crippen LogP contribution is 2.42. The van der Waals surface area contributed by atoms with E-state index in [4.69, 9.17) is 0 Å². The topological polar surface area (TPSA) is 56.0 Å². The number of hydrogen-bond donors (Lipinski definition) is 0. The van der Waals surface area contributed by atoms with Crippen LogP contribution < -0.4 is 0 Å². The molecule has 4 heterocycles. The number of imidazole rings is 1. The molecule has 1 spiro atoms. The Morgan fingerprint density at radius 3 is 2.74 bits per heavy atom. The van der Waals surface area contributed by atoms with E-state index in [1.807, 2.05) is 11.1 Å². The fourth-order valence-corrected chi connectivity index (χ4v) is 4.44. The summed E-state index contributed by atoms with van der Waals surface area (Å²) in [5.74, 6) is 0.843. The maximum Gasteiger partial charge on any atom is 0.272 e. The molecule has 2 aliphatic rings. The molecular formula is C20H20FN5O. The van der Waals surface area contributed by atoms with Crippen molar-refractivity contribution in [1.29, 1.82) is 0 Å². The first-order valence-electron chi connectivity index (χ1n) is 9.12. The van der Waals surface area contributed by atoms with E-state index >= 15 is 0 Å². The fraction of sp³-hybridized carbons (Fsp3) is 0.350. The zero-order valence-electron chi connectivity index (χ0n) is 15.1. The molecule has 0 unspecified atom stereocenters. The summed E-state index contributed by atoms with van der Waals surface area (Å²) >= 11 is 0. The standard InChI is InChI=1S/C20H20FN5O/c1-24-16(6-8-23-24)19(27)25-9-7-20(12-25)10-18-22-11-17(26(18)13-20)14-2-4-15(21)5-3-14/h2-6,8,11H,7,9-10,12-13H2,1H3/t20-/m0/s1. The molecule has 1 fully saturated rings. The average Bonchev–Trinajstić information content (AvgIpc) is 3.41. The van der Waals surface area contributed by atoms with E-state index < -0.39 is 0 Å². The summed E-state index contributed by atoms with van der Waals surface area (Å²) in [5.41, 5.74) is 2.63. The molecule has 138 valence electrons. The first-order chi connectivity index (χ1) is 13.0. The van der Waals surface area contributed by atoms with Gasteiger partial charge < -0.3 is 9.47 Å². The molecule has 0 radical (unpaired) electrons. The number of nitrogens with zero attached hydrogens (tertiary/aromatic N) is 5. The van der Waals surface area contributed by atoms with Crippen LogP contribution in [-0.4, -0.2) is 43.2 Å². The van der Waals surface area contributed by atoms with Crippen molar-refractivity contribution < 1.29 is 9.18 Å². The van der Waals surface area contributed by atoms with Crippen LogP contribution >= 0.6 is 0 Å². The lowest BCUT2D eigenvalue weighted by Crippen LogP contribution is -2.34. The Morgan fingerprint density at radius 1 is 1.19 bits per heavy atom. The molecule has 27 heavy (non-hydrogen) atoms. The number of aryl methyl sites for hydroxylation is 1. The van der Waals surface area contributed by atoms with Crippen molar-refractivity contribution in [1.82, 2.24) is 24.2 Å². The van der Waals surface area contributed by atoms with Crippen LogP contribution in [-0.2, 0) is 20.0 Å². The van der Waals surface area contributed by atoms with Gasteiger partial charge in [-0.3, -0.25) is 9.48 Å². The predicted molar refractivity (Wildman–Crippen MR) is 97.5 cm³/mol. The van der Waals surface area contributed by atoms with Crippen molar-refractivity contribution in [2.45, 2.75) is 19.4 Å². The molecule has 1 atom stereocenters. The number of hydrogen-bond acceptors (Lipinski definition) is 3. The van der Waals surface area contributed by atoms with Gasteiger partial charge in [-0.2, -0.15) is 5.10 Å². The summed E-state index contributed by atoms with van der Waals surface area (Å²) in [6, 6.07) is 8.29. The molecule has 1 aromatic carbocycles. The molecule has 7 heteroatoms. The Bertz CT molecular complexity index is 1020. The van der Waals surface area contributed by atoms with Gasteiger partial charge in [0.25, 0.3) is 5.91 Å². The van der Waals surface area contributed by atoms with Crippen molar-refractivity contribution in [3.63, 3.8) is 0 Å². The Morgan fingerprint density at radius 2 is 2.00 bits per heavy atom. The average molecular weight is 365 g/mol. The fourth-order valence-electron chi connectivity index (χ4n) is 4.44. The number of benzene rings is 1. The minimum absolute atomic E-state index is 0.0344. The van der Waals surface area contributed by atoms with E-state index in [0.717, 1.165) is 49.6 Å². The summed E-state index contributed by atoms with van der Waals surface area (Å²) in [7, 11) is 1.79. The summed E-state index contributed by atoms with van der Waals surface area (Å²) in [4.78, 5) is 19.3. The van der Waals surface area contributed by atoms with Gasteiger partial charge in [0.2, 0.25) is 0 Å². The highest BCUT2D eigenvalue weighted by Gasteiger charge is 2.46. The second-order valence-electron chi connectivity index (χ2n) is 7.65. The molecule has 0 N–H and O–H groups in total. The molecule has 3 aromatic rings. The van der Waals surface area contributed by atoms with E-state index in [1.165, 1.54) is 12.1 Å². The van der Waals surface area contributed by atoms with Crippen LogP contribution in [0.1, 0.15) is 22.7 Å². The van der Waals surface area contributed by atoms with Crippen molar-refractivity contribution in [2.75, 3.05) is 13.1 Å². The summed E-state index contributed by atoms with van der Waals surface area (Å²) < 4.78 is 17.1. The van der Waals surface area contributed by atoms with E-state index in [0.29, 0.717) is 5.69 Å². The summed E-state index contributed by atoms with van der Waals surface area (Å²) in [6.45, 7) is 2.31. The number of aromatic nitrogens is 4. The Balaban J connectivity index is 1.38. The van der Waals surface area contributed by atoms with Crippen molar-refractivity contribution in [3.05, 3.63) is 60.1 Å². The second-order valence-corrected chi connectivity index (χ2v) is 7.65. The highest BCUT2D eigenvalue weighted by molar-refractivity contribution is 5.92. The number of halogens is 1. The van der Waals surface area contributed by atoms with Crippen LogP contribution in [0.25, 0.3) is 11.3 Å². The Kier molecular flexibility index (Phi) is 3.47. The molecule has 0 saturated carbocycles. The quantitative estimate of drug-likeness (QED) is 0.701. The molecule has 0 bridgehead atoms. The first-order valence-corrected chi connectivity index (χ1v) is 9.12. The predicted octanol–water partition coefficient (Wildman–Crippen LogP) is 2.51. The van der Waals surface area contributed by atoms with E-state index in [2.05, 4.69) is 14.6 Å². The van der Waals surface area contributed by atoms with Gasteiger partial charge in [-0.05, 0) is 42.3 Å². The molecule has 6 nitrogen and oxygen atoms in total. The van der Waals surface area contributed by atoms with Gasteiger partial charge in [-0.1, -0.05) is 0 Å². The van der Waals surface area contributed by atoms with Crippen molar-refractivity contribution in [3.8, 4) is 11.3 Å².